The Morgan fingerprint density at radius 2 is 1.58 bits per heavy atom. The average Bonchev–Trinajstić information content (AvgIpc) is 2.81. The molecule has 0 saturated heterocycles. The van der Waals surface area contributed by atoms with Gasteiger partial charge in [0.05, 0.1) is 4.90 Å². The predicted molar refractivity (Wildman–Crippen MR) is 108 cm³/mol. The topological polar surface area (TPSA) is 37.4 Å². The minimum absolute atomic E-state index is 0.197. The number of hydrogen-bond acceptors (Lipinski definition) is 3. The van der Waals surface area contributed by atoms with E-state index in [2.05, 4.69) is 49.9 Å². The monoisotopic (exact) mass is 371 g/mol. The van der Waals surface area contributed by atoms with Gasteiger partial charge in [-0.1, -0.05) is 51.1 Å². The quantitative estimate of drug-likeness (QED) is 0.835. The van der Waals surface area contributed by atoms with Gasteiger partial charge in [0.1, 0.15) is 0 Å². The van der Waals surface area contributed by atoms with Crippen LogP contribution in [-0.4, -0.2) is 33.0 Å². The number of benzene rings is 2. The fourth-order valence-corrected chi connectivity index (χ4v) is 4.01. The minimum Gasteiger partial charge on any atom is -0.302 e. The molecular weight excluding hydrogens is 342 g/mol. The molecule has 0 fully saturated rings. The Labute approximate surface area is 159 Å². The summed E-state index contributed by atoms with van der Waals surface area (Å²) >= 11 is 0. The van der Waals surface area contributed by atoms with Crippen LogP contribution in [0.4, 0.5) is 0 Å². The van der Waals surface area contributed by atoms with Crippen LogP contribution in [0, 0.1) is 0 Å². The summed E-state index contributed by atoms with van der Waals surface area (Å²) in [7, 11) is -2.49. The standard InChI is InChI=1S/C22H29NO2S/c1-22(2,3)20-7-4-17(5-8-20)10-13-23-14-11-18-6-9-21(26(24)25)16-19(18)12-15-23/h4-9,16,26H,10-15H2,1-3H3. The van der Waals surface area contributed by atoms with Crippen molar-refractivity contribution in [1.82, 2.24) is 4.90 Å². The van der Waals surface area contributed by atoms with Gasteiger partial charge in [-0.05, 0) is 59.1 Å². The molecule has 0 aromatic heterocycles. The third-order valence-corrected chi connectivity index (χ3v) is 6.03. The Morgan fingerprint density at radius 1 is 0.923 bits per heavy atom. The van der Waals surface area contributed by atoms with E-state index in [4.69, 9.17) is 0 Å². The molecule has 3 rings (SSSR count). The van der Waals surface area contributed by atoms with Crippen molar-refractivity contribution in [2.24, 2.45) is 0 Å². The van der Waals surface area contributed by atoms with Gasteiger partial charge < -0.3 is 4.90 Å². The lowest BCUT2D eigenvalue weighted by Crippen LogP contribution is -2.28. The molecule has 26 heavy (non-hydrogen) atoms. The lowest BCUT2D eigenvalue weighted by Gasteiger charge is -2.21. The second-order valence-electron chi connectivity index (χ2n) is 8.25. The molecule has 0 unspecified atom stereocenters. The van der Waals surface area contributed by atoms with Crippen molar-refractivity contribution in [2.75, 3.05) is 19.6 Å². The van der Waals surface area contributed by atoms with E-state index in [0.29, 0.717) is 4.90 Å². The lowest BCUT2D eigenvalue weighted by atomic mass is 9.86. The molecule has 4 heteroatoms. The summed E-state index contributed by atoms with van der Waals surface area (Å²) in [6.07, 6.45) is 2.97. The van der Waals surface area contributed by atoms with Crippen LogP contribution < -0.4 is 0 Å². The van der Waals surface area contributed by atoms with Gasteiger partial charge in [0.15, 0.2) is 10.7 Å². The smallest absolute Gasteiger partial charge is 0.168 e. The zero-order valence-electron chi connectivity index (χ0n) is 16.0. The molecule has 2 aromatic carbocycles. The van der Waals surface area contributed by atoms with Gasteiger partial charge in [-0.15, -0.1) is 0 Å². The van der Waals surface area contributed by atoms with Crippen molar-refractivity contribution in [3.8, 4) is 0 Å². The number of hydrogen-bond donors (Lipinski definition) is 1. The summed E-state index contributed by atoms with van der Waals surface area (Å²) in [5.74, 6) is 0. The van der Waals surface area contributed by atoms with E-state index in [0.717, 1.165) is 38.9 Å². The van der Waals surface area contributed by atoms with Crippen LogP contribution in [0.25, 0.3) is 0 Å². The second-order valence-corrected chi connectivity index (χ2v) is 9.28. The fraction of sp³-hybridized carbons (Fsp3) is 0.455. The first kappa shape index (κ1) is 19.1. The van der Waals surface area contributed by atoms with E-state index in [1.165, 1.54) is 22.3 Å². The normalized spacial score (nSPS) is 15.7. The highest BCUT2D eigenvalue weighted by Crippen LogP contribution is 2.23. The minimum atomic E-state index is -2.49. The van der Waals surface area contributed by atoms with E-state index in [1.807, 2.05) is 12.1 Å². The first-order chi connectivity index (χ1) is 12.3. The Hall–Kier alpha value is -1.65. The van der Waals surface area contributed by atoms with E-state index in [9.17, 15) is 8.42 Å². The summed E-state index contributed by atoms with van der Waals surface area (Å²) in [4.78, 5) is 2.93. The van der Waals surface area contributed by atoms with Gasteiger partial charge in [-0.25, -0.2) is 8.42 Å². The number of thiol groups is 1. The van der Waals surface area contributed by atoms with Crippen LogP contribution in [0.1, 0.15) is 43.0 Å². The first-order valence-electron chi connectivity index (χ1n) is 9.41. The van der Waals surface area contributed by atoms with E-state index >= 15 is 0 Å². The van der Waals surface area contributed by atoms with Crippen molar-refractivity contribution in [3.63, 3.8) is 0 Å². The molecule has 2 aromatic rings. The molecule has 1 heterocycles. The zero-order valence-corrected chi connectivity index (χ0v) is 16.9. The first-order valence-corrected chi connectivity index (χ1v) is 10.6. The molecule has 0 N–H and O–H groups in total. The number of rotatable bonds is 4. The Balaban J connectivity index is 1.59. The van der Waals surface area contributed by atoms with E-state index < -0.39 is 10.7 Å². The summed E-state index contributed by atoms with van der Waals surface area (Å²) in [6, 6.07) is 14.6. The van der Waals surface area contributed by atoms with Gasteiger partial charge in [0.2, 0.25) is 0 Å². The molecule has 0 saturated carbocycles. The maximum atomic E-state index is 11.2. The number of fused-ring (bicyclic) bond motifs is 1. The Kier molecular flexibility index (Phi) is 5.83. The number of nitrogens with zero attached hydrogens (tertiary/aromatic N) is 1. The van der Waals surface area contributed by atoms with Crippen LogP contribution in [0.2, 0.25) is 0 Å². The highest BCUT2D eigenvalue weighted by molar-refractivity contribution is 7.72. The summed E-state index contributed by atoms with van der Waals surface area (Å²) in [5.41, 5.74) is 5.44. The van der Waals surface area contributed by atoms with Gasteiger partial charge in [0, 0.05) is 19.6 Å². The lowest BCUT2D eigenvalue weighted by molar-refractivity contribution is 0.291. The van der Waals surface area contributed by atoms with Crippen molar-refractivity contribution < 1.29 is 8.42 Å². The summed E-state index contributed by atoms with van der Waals surface area (Å²) < 4.78 is 22.4. The molecule has 0 atom stereocenters. The molecule has 0 bridgehead atoms. The molecule has 1 aliphatic heterocycles. The largest absolute Gasteiger partial charge is 0.302 e. The van der Waals surface area contributed by atoms with Crippen LogP contribution in [0.5, 0.6) is 0 Å². The maximum absolute atomic E-state index is 11.2. The SMILES string of the molecule is CC(C)(C)c1ccc(CCN2CCc3ccc([SH](=O)=O)cc3CC2)cc1. The molecular formula is C22H29NO2S. The molecule has 0 aliphatic carbocycles. The summed E-state index contributed by atoms with van der Waals surface area (Å²) in [5, 5.41) is 0. The van der Waals surface area contributed by atoms with Crippen molar-refractivity contribution in [1.29, 1.82) is 0 Å². The predicted octanol–water partition coefficient (Wildman–Crippen LogP) is 3.60. The van der Waals surface area contributed by atoms with Gasteiger partial charge in [0.25, 0.3) is 0 Å². The van der Waals surface area contributed by atoms with Crippen molar-refractivity contribution >= 4 is 10.7 Å². The molecule has 0 radical (unpaired) electrons. The molecule has 0 spiro atoms. The highest BCUT2D eigenvalue weighted by Gasteiger charge is 2.16. The van der Waals surface area contributed by atoms with E-state index in [1.54, 1.807) is 6.07 Å². The van der Waals surface area contributed by atoms with Gasteiger partial charge in [-0.2, -0.15) is 0 Å². The fourth-order valence-electron chi connectivity index (χ4n) is 3.55. The zero-order chi connectivity index (χ0) is 18.7. The van der Waals surface area contributed by atoms with Crippen molar-refractivity contribution in [3.05, 3.63) is 64.7 Å². The van der Waals surface area contributed by atoms with Crippen molar-refractivity contribution in [2.45, 2.75) is 50.3 Å². The average molecular weight is 372 g/mol. The Morgan fingerprint density at radius 3 is 2.19 bits per heavy atom. The Bertz CT molecular complexity index is 824. The van der Waals surface area contributed by atoms with Crippen LogP contribution in [0.15, 0.2) is 47.4 Å². The third-order valence-electron chi connectivity index (χ3n) is 5.33. The molecule has 1 aliphatic rings. The second kappa shape index (κ2) is 7.93. The van der Waals surface area contributed by atoms with Crippen LogP contribution >= 0.6 is 0 Å². The molecule has 140 valence electrons. The molecule has 0 amide bonds. The van der Waals surface area contributed by atoms with Crippen LogP contribution in [-0.2, 0) is 35.4 Å². The van der Waals surface area contributed by atoms with Crippen LogP contribution in [0.3, 0.4) is 0 Å². The molecule has 3 nitrogen and oxygen atoms in total. The van der Waals surface area contributed by atoms with E-state index in [-0.39, 0.29) is 5.41 Å². The van der Waals surface area contributed by atoms with Gasteiger partial charge in [-0.3, -0.25) is 0 Å². The maximum Gasteiger partial charge on any atom is 0.168 e. The summed E-state index contributed by atoms with van der Waals surface area (Å²) in [6.45, 7) is 9.80. The highest BCUT2D eigenvalue weighted by atomic mass is 32.2. The van der Waals surface area contributed by atoms with Gasteiger partial charge >= 0.3 is 0 Å². The third kappa shape index (κ3) is 4.74.